The van der Waals surface area contributed by atoms with E-state index in [0.29, 0.717) is 0 Å². The molecule has 0 N–H and O–H groups in total. The number of hydrogen-bond acceptors (Lipinski definition) is 1. The van der Waals surface area contributed by atoms with Crippen LogP contribution in [0.5, 0.6) is 0 Å². The van der Waals surface area contributed by atoms with Gasteiger partial charge in [-0.2, -0.15) is 0 Å². The average molecular weight is 196 g/mol. The molecule has 0 radical (unpaired) electrons. The lowest BCUT2D eigenvalue weighted by molar-refractivity contribution is 0.562. The molecule has 0 fully saturated rings. The Balaban J connectivity index is 2.50. The molecule has 1 aromatic carbocycles. The van der Waals surface area contributed by atoms with E-state index in [2.05, 4.69) is 12.3 Å². The molecule has 0 bridgehead atoms. The molecule has 0 saturated heterocycles. The quantitative estimate of drug-likeness (QED) is 0.717. The molecular formula is C11H14ClN. The van der Waals surface area contributed by atoms with Crippen LogP contribution < -0.4 is 0 Å². The van der Waals surface area contributed by atoms with E-state index in [4.69, 9.17) is 11.6 Å². The fourth-order valence-electron chi connectivity index (χ4n) is 1.02. The number of allylic oxidation sites excluding steroid dienone is 1. The van der Waals surface area contributed by atoms with Crippen molar-refractivity contribution in [2.45, 2.75) is 6.42 Å². The fraction of sp³-hybridized carbons (Fsp3) is 0.273. The summed E-state index contributed by atoms with van der Waals surface area (Å²) >= 11 is 5.77. The Morgan fingerprint density at radius 2 is 1.85 bits per heavy atom. The lowest BCUT2D eigenvalue weighted by atomic mass is 10.1. The van der Waals surface area contributed by atoms with Gasteiger partial charge in [-0.05, 0) is 30.3 Å². The molecule has 1 rings (SSSR count). The average Bonchev–Trinajstić information content (AvgIpc) is 2.08. The molecule has 1 aromatic rings. The molecule has 0 saturated carbocycles. The standard InChI is InChI=1S/C11H14ClN/c1-13(2)9-3-4-10-5-7-11(12)8-6-10/h3,5-9H,4H2,1-2H3. The third kappa shape index (κ3) is 4.00. The maximum atomic E-state index is 5.77. The Morgan fingerprint density at radius 3 is 2.38 bits per heavy atom. The molecule has 0 aliphatic heterocycles. The minimum atomic E-state index is 0.792. The maximum Gasteiger partial charge on any atom is 0.0406 e. The van der Waals surface area contributed by atoms with Gasteiger partial charge >= 0.3 is 0 Å². The van der Waals surface area contributed by atoms with Gasteiger partial charge in [0, 0.05) is 19.1 Å². The number of benzene rings is 1. The Labute approximate surface area is 84.6 Å². The third-order valence-electron chi connectivity index (χ3n) is 1.67. The minimum absolute atomic E-state index is 0.792. The summed E-state index contributed by atoms with van der Waals surface area (Å²) in [5.41, 5.74) is 1.28. The second-order valence-corrected chi connectivity index (χ2v) is 3.62. The van der Waals surface area contributed by atoms with E-state index in [9.17, 15) is 0 Å². The van der Waals surface area contributed by atoms with Crippen LogP contribution in [0.4, 0.5) is 0 Å². The molecule has 0 amide bonds. The summed E-state index contributed by atoms with van der Waals surface area (Å²) < 4.78 is 0. The van der Waals surface area contributed by atoms with E-state index >= 15 is 0 Å². The van der Waals surface area contributed by atoms with Crippen LogP contribution in [0.1, 0.15) is 5.56 Å². The minimum Gasteiger partial charge on any atom is -0.384 e. The van der Waals surface area contributed by atoms with E-state index < -0.39 is 0 Å². The molecule has 0 aliphatic rings. The van der Waals surface area contributed by atoms with Gasteiger partial charge < -0.3 is 4.90 Å². The smallest absolute Gasteiger partial charge is 0.0406 e. The summed E-state index contributed by atoms with van der Waals surface area (Å²) in [6.07, 6.45) is 5.13. The van der Waals surface area contributed by atoms with Gasteiger partial charge in [-0.15, -0.1) is 0 Å². The molecule has 0 aromatic heterocycles. The second kappa shape index (κ2) is 4.93. The van der Waals surface area contributed by atoms with Crippen molar-refractivity contribution in [2.75, 3.05) is 14.1 Å². The van der Waals surface area contributed by atoms with E-state index in [1.165, 1.54) is 5.56 Å². The van der Waals surface area contributed by atoms with Gasteiger partial charge in [-0.25, -0.2) is 0 Å². The number of halogens is 1. The summed E-state index contributed by atoms with van der Waals surface area (Å²) in [7, 11) is 4.02. The van der Waals surface area contributed by atoms with Crippen molar-refractivity contribution < 1.29 is 0 Å². The summed E-state index contributed by atoms with van der Waals surface area (Å²) in [4.78, 5) is 2.02. The van der Waals surface area contributed by atoms with Crippen LogP contribution in [-0.4, -0.2) is 19.0 Å². The second-order valence-electron chi connectivity index (χ2n) is 3.18. The lowest BCUT2D eigenvalue weighted by Gasteiger charge is -2.03. The van der Waals surface area contributed by atoms with Crippen molar-refractivity contribution in [1.29, 1.82) is 0 Å². The monoisotopic (exact) mass is 195 g/mol. The zero-order chi connectivity index (χ0) is 9.68. The van der Waals surface area contributed by atoms with Gasteiger partial charge in [-0.3, -0.25) is 0 Å². The predicted molar refractivity (Wildman–Crippen MR) is 58.0 cm³/mol. The van der Waals surface area contributed by atoms with Crippen molar-refractivity contribution in [3.05, 3.63) is 47.1 Å². The highest BCUT2D eigenvalue weighted by atomic mass is 35.5. The normalized spacial score (nSPS) is 10.7. The van der Waals surface area contributed by atoms with E-state index in [0.717, 1.165) is 11.4 Å². The third-order valence-corrected chi connectivity index (χ3v) is 1.92. The Kier molecular flexibility index (Phi) is 3.84. The van der Waals surface area contributed by atoms with Crippen LogP contribution in [0.3, 0.4) is 0 Å². The number of nitrogens with zero attached hydrogens (tertiary/aromatic N) is 1. The van der Waals surface area contributed by atoms with Gasteiger partial charge in [0.05, 0.1) is 0 Å². The molecule has 0 atom stereocenters. The SMILES string of the molecule is CN(C)C=CCc1ccc(Cl)cc1. The first-order valence-electron chi connectivity index (χ1n) is 4.26. The molecule has 0 unspecified atom stereocenters. The molecule has 0 spiro atoms. The highest BCUT2D eigenvalue weighted by Gasteiger charge is 1.89. The summed E-state index contributed by atoms with van der Waals surface area (Å²) in [6.45, 7) is 0. The summed E-state index contributed by atoms with van der Waals surface area (Å²) in [6, 6.07) is 7.92. The molecule has 13 heavy (non-hydrogen) atoms. The van der Waals surface area contributed by atoms with Crippen LogP contribution in [-0.2, 0) is 6.42 Å². The Hall–Kier alpha value is -0.950. The number of rotatable bonds is 3. The van der Waals surface area contributed by atoms with Crippen LogP contribution in [0.15, 0.2) is 36.5 Å². The van der Waals surface area contributed by atoms with Crippen molar-refractivity contribution in [3.63, 3.8) is 0 Å². The zero-order valence-corrected chi connectivity index (χ0v) is 8.75. The molecule has 0 heterocycles. The first kappa shape index (κ1) is 10.1. The van der Waals surface area contributed by atoms with Gasteiger partial charge in [0.25, 0.3) is 0 Å². The lowest BCUT2D eigenvalue weighted by Crippen LogP contribution is -2.00. The van der Waals surface area contributed by atoms with Crippen LogP contribution in [0.25, 0.3) is 0 Å². The van der Waals surface area contributed by atoms with E-state index in [1.807, 2.05) is 43.3 Å². The first-order chi connectivity index (χ1) is 6.18. The van der Waals surface area contributed by atoms with Gasteiger partial charge in [0.1, 0.15) is 0 Å². The first-order valence-corrected chi connectivity index (χ1v) is 4.64. The molecule has 70 valence electrons. The summed E-state index contributed by atoms with van der Waals surface area (Å²) in [5.74, 6) is 0. The largest absolute Gasteiger partial charge is 0.384 e. The van der Waals surface area contributed by atoms with Gasteiger partial charge in [0.2, 0.25) is 0 Å². The Morgan fingerprint density at radius 1 is 1.23 bits per heavy atom. The highest BCUT2D eigenvalue weighted by Crippen LogP contribution is 2.09. The van der Waals surface area contributed by atoms with Crippen LogP contribution in [0.2, 0.25) is 5.02 Å². The fourth-order valence-corrected chi connectivity index (χ4v) is 1.15. The molecule has 1 nitrogen and oxygen atoms in total. The predicted octanol–water partition coefficient (Wildman–Crippen LogP) is 2.96. The van der Waals surface area contributed by atoms with Crippen molar-refractivity contribution in [2.24, 2.45) is 0 Å². The van der Waals surface area contributed by atoms with Crippen LogP contribution >= 0.6 is 11.6 Å². The maximum absolute atomic E-state index is 5.77. The Bertz CT molecular complexity index is 275. The highest BCUT2D eigenvalue weighted by molar-refractivity contribution is 6.30. The van der Waals surface area contributed by atoms with E-state index in [1.54, 1.807) is 0 Å². The van der Waals surface area contributed by atoms with Crippen molar-refractivity contribution in [1.82, 2.24) is 4.90 Å². The van der Waals surface area contributed by atoms with Gasteiger partial charge in [-0.1, -0.05) is 29.8 Å². The van der Waals surface area contributed by atoms with Gasteiger partial charge in [0.15, 0.2) is 0 Å². The molecule has 0 aliphatic carbocycles. The van der Waals surface area contributed by atoms with Crippen molar-refractivity contribution in [3.8, 4) is 0 Å². The van der Waals surface area contributed by atoms with Crippen LogP contribution in [0, 0.1) is 0 Å². The number of hydrogen-bond donors (Lipinski definition) is 0. The topological polar surface area (TPSA) is 3.24 Å². The van der Waals surface area contributed by atoms with E-state index in [-0.39, 0.29) is 0 Å². The zero-order valence-electron chi connectivity index (χ0n) is 8.00. The summed E-state index contributed by atoms with van der Waals surface area (Å²) in [5, 5.41) is 0.792. The molecule has 2 heteroatoms. The molecular weight excluding hydrogens is 182 g/mol. The van der Waals surface area contributed by atoms with Crippen molar-refractivity contribution >= 4 is 11.6 Å².